The molecule has 0 unspecified atom stereocenters. The van der Waals surface area contributed by atoms with E-state index in [4.69, 9.17) is 4.42 Å². The highest BCUT2D eigenvalue weighted by Crippen LogP contribution is 2.42. The van der Waals surface area contributed by atoms with Gasteiger partial charge < -0.3 is 14.7 Å². The molecule has 0 fully saturated rings. The van der Waals surface area contributed by atoms with Crippen molar-refractivity contribution in [3.8, 4) is 33.8 Å². The number of benzene rings is 3. The number of imidazole rings is 1. The molecule has 0 radical (unpaired) electrons. The first-order valence-corrected chi connectivity index (χ1v) is 14.4. The minimum Gasteiger partial charge on any atom is -0.455 e. The van der Waals surface area contributed by atoms with Crippen LogP contribution in [-0.4, -0.2) is 49.6 Å². The van der Waals surface area contributed by atoms with Crippen LogP contribution in [0.15, 0.2) is 83.4 Å². The second-order valence-corrected chi connectivity index (χ2v) is 11.5. The number of anilines is 1. The molecule has 3 aromatic carbocycles. The predicted octanol–water partition coefficient (Wildman–Crippen LogP) is 5.60. The lowest BCUT2D eigenvalue weighted by Crippen LogP contribution is -2.25. The highest BCUT2D eigenvalue weighted by molar-refractivity contribution is 7.92. The third-order valence-electron chi connectivity index (χ3n) is 6.91. The van der Waals surface area contributed by atoms with Gasteiger partial charge in [0.05, 0.1) is 23.0 Å². The van der Waals surface area contributed by atoms with Crippen LogP contribution in [0.5, 0.6) is 0 Å². The number of hydrogen-bond acceptors (Lipinski definition) is 6. The van der Waals surface area contributed by atoms with E-state index in [0.717, 1.165) is 17.3 Å². The Morgan fingerprint density at radius 2 is 1.76 bits per heavy atom. The normalized spacial score (nSPS) is 11.7. The highest BCUT2D eigenvalue weighted by Gasteiger charge is 2.26. The molecule has 0 atom stereocenters. The fourth-order valence-corrected chi connectivity index (χ4v) is 5.28. The van der Waals surface area contributed by atoms with E-state index in [0.29, 0.717) is 44.8 Å². The highest BCUT2D eigenvalue weighted by atomic mass is 32.2. The van der Waals surface area contributed by atoms with Crippen LogP contribution in [0.3, 0.4) is 0 Å². The van der Waals surface area contributed by atoms with Crippen molar-refractivity contribution >= 4 is 43.8 Å². The number of pyridine rings is 1. The third kappa shape index (κ3) is 4.70. The third-order valence-corrected chi connectivity index (χ3v) is 8.10. The number of carbonyl (C=O) groups is 1. The Hall–Kier alpha value is -5.03. The van der Waals surface area contributed by atoms with Gasteiger partial charge in [0.25, 0.3) is 5.91 Å². The number of H-pyrrole nitrogens is 1. The van der Waals surface area contributed by atoms with Gasteiger partial charge in [0.15, 0.2) is 5.65 Å². The molecule has 0 aliphatic rings. The maximum atomic E-state index is 13.7. The van der Waals surface area contributed by atoms with Gasteiger partial charge in [0, 0.05) is 48.4 Å². The Morgan fingerprint density at radius 1 is 1.00 bits per heavy atom. The van der Waals surface area contributed by atoms with Gasteiger partial charge in [-0.1, -0.05) is 18.2 Å². The molecule has 3 heterocycles. The Bertz CT molecular complexity index is 2030. The summed E-state index contributed by atoms with van der Waals surface area (Å²) < 4.78 is 46.4. The molecule has 0 bridgehead atoms. The number of amides is 1. The van der Waals surface area contributed by atoms with E-state index in [1.165, 1.54) is 42.7 Å². The Kier molecular flexibility index (Phi) is 6.30. The van der Waals surface area contributed by atoms with Gasteiger partial charge in [-0.3, -0.25) is 9.10 Å². The minimum absolute atomic E-state index is 0.244. The predicted molar refractivity (Wildman–Crippen MR) is 157 cm³/mol. The van der Waals surface area contributed by atoms with Crippen LogP contribution < -0.4 is 9.62 Å². The van der Waals surface area contributed by atoms with Crippen LogP contribution >= 0.6 is 0 Å². The van der Waals surface area contributed by atoms with E-state index < -0.39 is 21.7 Å². The van der Waals surface area contributed by atoms with Crippen molar-refractivity contribution in [1.29, 1.82) is 0 Å². The topological polar surface area (TPSA) is 121 Å². The number of aromatic nitrogens is 3. The summed E-state index contributed by atoms with van der Waals surface area (Å²) in [5, 5.41) is 3.12. The first kappa shape index (κ1) is 26.2. The summed E-state index contributed by atoms with van der Waals surface area (Å²) in [7, 11) is -0.707. The summed E-state index contributed by atoms with van der Waals surface area (Å²) in [6.45, 7) is 0. The van der Waals surface area contributed by atoms with Crippen LogP contribution in [-0.2, 0) is 10.0 Å². The number of furan rings is 1. The summed E-state index contributed by atoms with van der Waals surface area (Å²) in [5.74, 6) is 0.0215. The van der Waals surface area contributed by atoms with E-state index in [1.807, 2.05) is 36.4 Å². The van der Waals surface area contributed by atoms with Gasteiger partial charge in [-0.15, -0.1) is 0 Å². The van der Waals surface area contributed by atoms with Gasteiger partial charge in [-0.2, -0.15) is 0 Å². The Balaban J connectivity index is 1.61. The largest absolute Gasteiger partial charge is 0.455 e. The molecule has 0 spiro atoms. The van der Waals surface area contributed by atoms with Gasteiger partial charge >= 0.3 is 0 Å². The lowest BCUT2D eigenvalue weighted by atomic mass is 9.97. The average Bonchev–Trinajstić information content (AvgIpc) is 3.57. The molecule has 9 nitrogen and oxygen atoms in total. The van der Waals surface area contributed by atoms with Crippen molar-refractivity contribution in [1.82, 2.24) is 20.3 Å². The fourth-order valence-electron chi connectivity index (χ4n) is 4.77. The molecule has 41 heavy (non-hydrogen) atoms. The maximum Gasteiger partial charge on any atom is 0.255 e. The summed E-state index contributed by atoms with van der Waals surface area (Å²) in [4.78, 5) is 25.3. The number of hydrogen-bond donors (Lipinski definition) is 2. The number of nitrogens with zero attached hydrogens (tertiary/aromatic N) is 3. The summed E-state index contributed by atoms with van der Waals surface area (Å²) in [6, 6.07) is 20.1. The van der Waals surface area contributed by atoms with Gasteiger partial charge in [0.2, 0.25) is 10.0 Å². The van der Waals surface area contributed by atoms with Crippen LogP contribution in [0.4, 0.5) is 10.1 Å². The first-order chi connectivity index (χ1) is 19.6. The minimum atomic E-state index is -3.67. The van der Waals surface area contributed by atoms with Gasteiger partial charge in [0.1, 0.15) is 23.0 Å². The Morgan fingerprint density at radius 3 is 2.46 bits per heavy atom. The van der Waals surface area contributed by atoms with Crippen molar-refractivity contribution in [2.45, 2.75) is 0 Å². The lowest BCUT2D eigenvalue weighted by Gasteiger charge is -2.21. The van der Waals surface area contributed by atoms with Crippen LogP contribution in [0.2, 0.25) is 0 Å². The summed E-state index contributed by atoms with van der Waals surface area (Å²) >= 11 is 0. The van der Waals surface area contributed by atoms with E-state index in [-0.39, 0.29) is 11.3 Å². The molecular weight excluding hydrogens is 545 g/mol. The molecule has 2 N–H and O–H groups in total. The van der Waals surface area contributed by atoms with Crippen LogP contribution in [0.1, 0.15) is 10.4 Å². The summed E-state index contributed by atoms with van der Waals surface area (Å²) in [5.41, 5.74) is 4.78. The SMILES string of the molecule is CNC(=O)c1c(-c2ccc(F)cc2)oc2cc(N(C)S(C)(=O)=O)c(-c3cccc(-c4nc5ncccc5[nH]4)c3)cc12. The molecule has 3 aromatic heterocycles. The smallest absolute Gasteiger partial charge is 0.255 e. The van der Waals surface area contributed by atoms with Gasteiger partial charge in [-0.05, 0) is 54.1 Å². The van der Waals surface area contributed by atoms with E-state index in [9.17, 15) is 17.6 Å². The molecule has 0 saturated heterocycles. The van der Waals surface area contributed by atoms with Crippen molar-refractivity contribution < 1.29 is 22.0 Å². The first-order valence-electron chi connectivity index (χ1n) is 12.6. The molecule has 11 heteroatoms. The molecule has 0 aliphatic carbocycles. The number of fused-ring (bicyclic) bond motifs is 2. The quantitative estimate of drug-likeness (QED) is 0.269. The number of rotatable bonds is 6. The monoisotopic (exact) mass is 569 g/mol. The number of aromatic amines is 1. The maximum absolute atomic E-state index is 13.7. The van der Waals surface area contributed by atoms with Gasteiger partial charge in [-0.25, -0.2) is 22.8 Å². The van der Waals surface area contributed by atoms with Crippen molar-refractivity contribution in [3.63, 3.8) is 0 Å². The molecule has 0 aliphatic heterocycles. The zero-order valence-corrected chi connectivity index (χ0v) is 23.1. The second kappa shape index (κ2) is 9.86. The zero-order valence-electron chi connectivity index (χ0n) is 22.3. The van der Waals surface area contributed by atoms with E-state index in [1.54, 1.807) is 18.3 Å². The van der Waals surface area contributed by atoms with Crippen LogP contribution in [0.25, 0.3) is 56.0 Å². The second-order valence-electron chi connectivity index (χ2n) is 9.53. The number of carbonyl (C=O) groups excluding carboxylic acids is 1. The molecule has 0 saturated carbocycles. The van der Waals surface area contributed by atoms with E-state index >= 15 is 0 Å². The number of sulfonamides is 1. The van der Waals surface area contributed by atoms with E-state index in [2.05, 4.69) is 20.3 Å². The molecule has 6 aromatic rings. The average molecular weight is 570 g/mol. The van der Waals surface area contributed by atoms with Crippen molar-refractivity contribution in [2.24, 2.45) is 0 Å². The number of halogens is 1. The lowest BCUT2D eigenvalue weighted by molar-refractivity contribution is 0.0964. The van der Waals surface area contributed by atoms with Crippen molar-refractivity contribution in [2.75, 3.05) is 24.7 Å². The molecular formula is C30H24FN5O4S. The molecule has 6 rings (SSSR count). The van der Waals surface area contributed by atoms with Crippen molar-refractivity contribution in [3.05, 3.63) is 90.4 Å². The standard InChI is InChI=1S/C30H24FN5O4S/c1-32-30(37)26-22-15-21(18-6-4-7-19(14-18)28-34-23-8-5-13-33-29(23)35-28)24(36(2)41(3,38)39)16-25(22)40-27(26)17-9-11-20(31)12-10-17/h4-16H,1-3H3,(H,32,37)(H,33,34,35). The molecule has 206 valence electrons. The summed E-state index contributed by atoms with van der Waals surface area (Å²) in [6.07, 6.45) is 2.78. The zero-order chi connectivity index (χ0) is 28.9. The molecule has 1 amide bonds. The number of nitrogens with one attached hydrogen (secondary N) is 2. The van der Waals surface area contributed by atoms with Crippen LogP contribution in [0, 0.1) is 5.82 Å². The Labute approximate surface area is 234 Å². The fraction of sp³-hybridized carbons (Fsp3) is 0.100.